The van der Waals surface area contributed by atoms with Crippen LogP contribution in [0.2, 0.25) is 0 Å². The molecule has 1 atom stereocenters. The molecule has 28 heavy (non-hydrogen) atoms. The highest BCUT2D eigenvalue weighted by Crippen LogP contribution is 2.30. The maximum absolute atomic E-state index is 12.4. The topological polar surface area (TPSA) is 32.8 Å². The van der Waals surface area contributed by atoms with Crippen molar-refractivity contribution < 1.29 is 9.53 Å². The molecule has 0 spiro atoms. The Hall–Kier alpha value is -1.07. The monoisotopic (exact) mass is 450 g/mol. The van der Waals surface area contributed by atoms with Crippen molar-refractivity contribution in [2.24, 2.45) is 0 Å². The number of hydrogen-bond donors (Lipinski definition) is 0. The van der Waals surface area contributed by atoms with E-state index in [1.54, 1.807) is 0 Å². The molecule has 0 radical (unpaired) electrons. The van der Waals surface area contributed by atoms with Crippen LogP contribution in [0, 0.1) is 0 Å². The van der Waals surface area contributed by atoms with Gasteiger partial charge in [-0.05, 0) is 89.1 Å². The Morgan fingerprint density at radius 1 is 1.18 bits per heavy atom. The quantitative estimate of drug-likeness (QED) is 0.613. The number of likely N-dealkylation sites (tertiary alicyclic amines) is 1. The molecular weight excluding hydrogens is 416 g/mol. The molecular formula is C23H35BrN2O2. The van der Waals surface area contributed by atoms with Crippen molar-refractivity contribution in [3.63, 3.8) is 0 Å². The Morgan fingerprint density at radius 2 is 1.89 bits per heavy atom. The van der Waals surface area contributed by atoms with Crippen molar-refractivity contribution >= 4 is 22.0 Å². The second kappa shape index (κ2) is 9.17. The van der Waals surface area contributed by atoms with Gasteiger partial charge in [-0.25, -0.2) is 4.79 Å². The van der Waals surface area contributed by atoms with Crippen molar-refractivity contribution in [2.75, 3.05) is 19.6 Å². The summed E-state index contributed by atoms with van der Waals surface area (Å²) in [5.74, 6) is 0. The number of carbonyl (C=O) groups excluding carboxylic acids is 1. The number of rotatable bonds is 4. The second-order valence-corrected chi connectivity index (χ2v) is 10.2. The average molecular weight is 451 g/mol. The first-order valence-electron chi connectivity index (χ1n) is 10.8. The number of ether oxygens (including phenoxy) is 1. The van der Waals surface area contributed by atoms with Gasteiger partial charge in [0.2, 0.25) is 0 Å². The van der Waals surface area contributed by atoms with Crippen LogP contribution in [-0.2, 0) is 17.6 Å². The fourth-order valence-electron chi connectivity index (χ4n) is 4.62. The zero-order valence-electron chi connectivity index (χ0n) is 17.8. The van der Waals surface area contributed by atoms with Crippen LogP contribution in [0.15, 0.2) is 22.7 Å². The van der Waals surface area contributed by atoms with E-state index in [-0.39, 0.29) is 6.09 Å². The highest BCUT2D eigenvalue weighted by Gasteiger charge is 2.33. The molecule has 1 amide bonds. The first-order valence-corrected chi connectivity index (χ1v) is 11.6. The molecule has 0 aromatic heterocycles. The molecule has 0 saturated carbocycles. The Bertz CT molecular complexity index is 678. The Kier molecular flexibility index (Phi) is 7.08. The van der Waals surface area contributed by atoms with E-state index < -0.39 is 5.60 Å². The molecule has 3 rings (SSSR count). The van der Waals surface area contributed by atoms with Crippen LogP contribution in [0.5, 0.6) is 0 Å². The van der Waals surface area contributed by atoms with Gasteiger partial charge in [0, 0.05) is 29.6 Å². The predicted molar refractivity (Wildman–Crippen MR) is 118 cm³/mol. The van der Waals surface area contributed by atoms with E-state index in [1.165, 1.54) is 34.9 Å². The van der Waals surface area contributed by atoms with Gasteiger partial charge in [-0.2, -0.15) is 0 Å². The molecule has 1 aromatic carbocycles. The number of halogens is 1. The number of hydrogen-bond acceptors (Lipinski definition) is 3. The molecule has 1 aliphatic heterocycles. The Morgan fingerprint density at radius 3 is 2.54 bits per heavy atom. The molecule has 156 valence electrons. The third-order valence-corrected chi connectivity index (χ3v) is 6.40. The SMILES string of the molecule is CCCN(C1CCN(C(=O)OC(C)(C)C)CC1)C1CCc2ccc(Br)cc2C1. The first-order chi connectivity index (χ1) is 13.3. The van der Waals surface area contributed by atoms with Gasteiger partial charge in [0.05, 0.1) is 0 Å². The largest absolute Gasteiger partial charge is 0.444 e. The standard InChI is InChI=1S/C23H35BrN2O2/c1-5-12-26(21-9-7-17-6-8-19(24)15-18(17)16-21)20-10-13-25(14-11-20)22(27)28-23(2,3)4/h6,8,15,20-21H,5,7,9-14,16H2,1-4H3. The number of fused-ring (bicyclic) bond motifs is 1. The van der Waals surface area contributed by atoms with E-state index in [2.05, 4.69) is 46.0 Å². The second-order valence-electron chi connectivity index (χ2n) is 9.25. The van der Waals surface area contributed by atoms with Crippen LogP contribution < -0.4 is 0 Å². The molecule has 2 aliphatic rings. The highest BCUT2D eigenvalue weighted by molar-refractivity contribution is 9.10. The molecule has 1 aromatic rings. The zero-order valence-corrected chi connectivity index (χ0v) is 19.4. The smallest absolute Gasteiger partial charge is 0.410 e. The van der Waals surface area contributed by atoms with E-state index >= 15 is 0 Å². The fraction of sp³-hybridized carbons (Fsp3) is 0.696. The number of nitrogens with zero attached hydrogens (tertiary/aromatic N) is 2. The Balaban J connectivity index is 1.62. The molecule has 5 heteroatoms. The fourth-order valence-corrected chi connectivity index (χ4v) is 5.03. The summed E-state index contributed by atoms with van der Waals surface area (Å²) in [5.41, 5.74) is 2.58. The molecule has 1 heterocycles. The summed E-state index contributed by atoms with van der Waals surface area (Å²) in [6.45, 7) is 10.8. The summed E-state index contributed by atoms with van der Waals surface area (Å²) in [7, 11) is 0. The third kappa shape index (κ3) is 5.50. The maximum Gasteiger partial charge on any atom is 0.410 e. The van der Waals surface area contributed by atoms with E-state index in [0.29, 0.717) is 12.1 Å². The summed E-state index contributed by atoms with van der Waals surface area (Å²) in [6, 6.07) is 7.92. The number of amides is 1. The lowest BCUT2D eigenvalue weighted by Crippen LogP contribution is -2.52. The summed E-state index contributed by atoms with van der Waals surface area (Å²) < 4.78 is 6.74. The minimum Gasteiger partial charge on any atom is -0.444 e. The van der Waals surface area contributed by atoms with Crippen molar-refractivity contribution in [1.82, 2.24) is 9.80 Å². The normalized spacial score (nSPS) is 20.9. The van der Waals surface area contributed by atoms with Gasteiger partial charge in [0.25, 0.3) is 0 Å². The number of carbonyl (C=O) groups is 1. The lowest BCUT2D eigenvalue weighted by Gasteiger charge is -2.44. The lowest BCUT2D eigenvalue weighted by molar-refractivity contribution is 0.00998. The van der Waals surface area contributed by atoms with Gasteiger partial charge in [0.1, 0.15) is 5.60 Å². The van der Waals surface area contributed by atoms with Gasteiger partial charge < -0.3 is 9.64 Å². The average Bonchev–Trinajstić information content (AvgIpc) is 2.64. The molecule has 1 saturated heterocycles. The van der Waals surface area contributed by atoms with Crippen molar-refractivity contribution in [3.05, 3.63) is 33.8 Å². The lowest BCUT2D eigenvalue weighted by atomic mass is 9.86. The Labute approximate surface area is 178 Å². The van der Waals surface area contributed by atoms with Gasteiger partial charge in [-0.1, -0.05) is 28.9 Å². The summed E-state index contributed by atoms with van der Waals surface area (Å²) in [4.78, 5) is 17.0. The van der Waals surface area contributed by atoms with Crippen LogP contribution >= 0.6 is 15.9 Å². The van der Waals surface area contributed by atoms with E-state index in [1.807, 2.05) is 25.7 Å². The summed E-state index contributed by atoms with van der Waals surface area (Å²) in [5, 5.41) is 0. The molecule has 1 unspecified atom stereocenters. The molecule has 1 fully saturated rings. The van der Waals surface area contributed by atoms with Crippen LogP contribution in [0.3, 0.4) is 0 Å². The van der Waals surface area contributed by atoms with Crippen LogP contribution in [0.25, 0.3) is 0 Å². The minimum absolute atomic E-state index is 0.163. The van der Waals surface area contributed by atoms with Crippen molar-refractivity contribution in [1.29, 1.82) is 0 Å². The number of piperidine rings is 1. The maximum atomic E-state index is 12.4. The predicted octanol–water partition coefficient (Wildman–Crippen LogP) is 5.42. The molecule has 1 aliphatic carbocycles. The zero-order chi connectivity index (χ0) is 20.3. The molecule has 4 nitrogen and oxygen atoms in total. The number of aryl methyl sites for hydroxylation is 1. The van der Waals surface area contributed by atoms with Gasteiger partial charge >= 0.3 is 6.09 Å². The summed E-state index contributed by atoms with van der Waals surface area (Å²) in [6.07, 6.45) is 6.65. The van der Waals surface area contributed by atoms with E-state index in [4.69, 9.17) is 4.74 Å². The van der Waals surface area contributed by atoms with Crippen molar-refractivity contribution in [3.8, 4) is 0 Å². The highest BCUT2D eigenvalue weighted by atomic mass is 79.9. The van der Waals surface area contributed by atoms with Gasteiger partial charge in [-0.3, -0.25) is 4.90 Å². The van der Waals surface area contributed by atoms with Crippen LogP contribution in [-0.4, -0.2) is 53.2 Å². The third-order valence-electron chi connectivity index (χ3n) is 5.91. The van der Waals surface area contributed by atoms with Gasteiger partial charge in [-0.15, -0.1) is 0 Å². The van der Waals surface area contributed by atoms with Gasteiger partial charge in [0.15, 0.2) is 0 Å². The first kappa shape index (κ1) is 21.6. The van der Waals surface area contributed by atoms with Crippen LogP contribution in [0.1, 0.15) is 64.5 Å². The van der Waals surface area contributed by atoms with E-state index in [0.717, 1.165) is 38.9 Å². The number of benzene rings is 1. The minimum atomic E-state index is -0.425. The van der Waals surface area contributed by atoms with Crippen LogP contribution in [0.4, 0.5) is 4.79 Å². The van der Waals surface area contributed by atoms with Crippen molar-refractivity contribution in [2.45, 2.75) is 83.9 Å². The molecule has 0 N–H and O–H groups in total. The van der Waals surface area contributed by atoms with E-state index in [9.17, 15) is 4.79 Å². The summed E-state index contributed by atoms with van der Waals surface area (Å²) >= 11 is 3.63. The molecule has 0 bridgehead atoms.